The average molecular weight is 268 g/mol. The van der Waals surface area contributed by atoms with E-state index in [2.05, 4.69) is 6.07 Å². The predicted octanol–water partition coefficient (Wildman–Crippen LogP) is 4.13. The molecular weight excluding hydrogens is 251 g/mol. The molecule has 1 nitrogen and oxygen atoms in total. The maximum atomic E-state index is 13.1. The van der Waals surface area contributed by atoms with Crippen LogP contribution in [0.1, 0.15) is 39.9 Å². The molecule has 0 atom stereocenters. The molecule has 0 aromatic heterocycles. The van der Waals surface area contributed by atoms with Crippen LogP contribution in [0.2, 0.25) is 0 Å². The number of aryl methyl sites for hydroxylation is 2. The van der Waals surface area contributed by atoms with Gasteiger partial charge >= 0.3 is 0 Å². The van der Waals surface area contributed by atoms with Gasteiger partial charge in [0.15, 0.2) is 5.78 Å². The van der Waals surface area contributed by atoms with Gasteiger partial charge in [-0.05, 0) is 60.6 Å². The summed E-state index contributed by atoms with van der Waals surface area (Å²) in [6.07, 6.45) is 4.89. The number of hydrogen-bond donors (Lipinski definition) is 0. The molecule has 20 heavy (non-hydrogen) atoms. The Morgan fingerprint density at radius 3 is 2.60 bits per heavy atom. The molecule has 0 saturated heterocycles. The molecule has 2 heteroatoms. The summed E-state index contributed by atoms with van der Waals surface area (Å²) in [6, 6.07) is 12.3. The molecule has 0 aliphatic heterocycles. The Bertz CT molecular complexity index is 646. The molecule has 0 unspecified atom stereocenters. The van der Waals surface area contributed by atoms with E-state index in [4.69, 9.17) is 0 Å². The highest BCUT2D eigenvalue weighted by atomic mass is 19.1. The van der Waals surface area contributed by atoms with Crippen LogP contribution in [0.3, 0.4) is 0 Å². The second-order valence-corrected chi connectivity index (χ2v) is 5.42. The van der Waals surface area contributed by atoms with E-state index in [1.54, 1.807) is 12.1 Å². The first-order valence-electron chi connectivity index (χ1n) is 7.12. The number of hydrogen-bond acceptors (Lipinski definition) is 1. The summed E-state index contributed by atoms with van der Waals surface area (Å²) in [7, 11) is 0. The number of carbonyl (C=O) groups is 1. The van der Waals surface area contributed by atoms with Gasteiger partial charge in [0.25, 0.3) is 0 Å². The Labute approximate surface area is 118 Å². The minimum atomic E-state index is -0.291. The highest BCUT2D eigenvalue weighted by molar-refractivity contribution is 5.97. The van der Waals surface area contributed by atoms with E-state index < -0.39 is 0 Å². The Hall–Kier alpha value is -1.96. The number of ketones is 1. The summed E-state index contributed by atoms with van der Waals surface area (Å²) in [5.41, 5.74) is 4.16. The van der Waals surface area contributed by atoms with Crippen molar-refractivity contribution in [1.82, 2.24) is 0 Å². The Morgan fingerprint density at radius 2 is 1.80 bits per heavy atom. The first-order valence-corrected chi connectivity index (χ1v) is 7.12. The van der Waals surface area contributed by atoms with Gasteiger partial charge in [0.2, 0.25) is 0 Å². The van der Waals surface area contributed by atoms with E-state index in [9.17, 15) is 9.18 Å². The Balaban J connectivity index is 1.80. The molecule has 0 N–H and O–H groups in total. The molecule has 1 aliphatic rings. The van der Waals surface area contributed by atoms with E-state index in [-0.39, 0.29) is 18.0 Å². The Kier molecular flexibility index (Phi) is 3.64. The maximum Gasteiger partial charge on any atom is 0.167 e. The van der Waals surface area contributed by atoms with Gasteiger partial charge in [0, 0.05) is 12.0 Å². The minimum absolute atomic E-state index is 0.0592. The summed E-state index contributed by atoms with van der Waals surface area (Å²) in [5.74, 6) is -0.232. The minimum Gasteiger partial charge on any atom is -0.294 e. The zero-order valence-corrected chi connectivity index (χ0v) is 11.4. The first-order chi connectivity index (χ1) is 9.72. The number of benzene rings is 2. The largest absolute Gasteiger partial charge is 0.294 e. The smallest absolute Gasteiger partial charge is 0.167 e. The van der Waals surface area contributed by atoms with Crippen LogP contribution in [0.25, 0.3) is 0 Å². The molecule has 0 amide bonds. The van der Waals surface area contributed by atoms with Crippen molar-refractivity contribution in [1.29, 1.82) is 0 Å². The SMILES string of the molecule is O=C(Cc1cccc(F)c1)c1ccc2c(c1)CCCC2. The summed E-state index contributed by atoms with van der Waals surface area (Å²) in [6.45, 7) is 0. The van der Waals surface area contributed by atoms with Crippen molar-refractivity contribution in [2.75, 3.05) is 0 Å². The van der Waals surface area contributed by atoms with E-state index in [0.717, 1.165) is 24.0 Å². The van der Waals surface area contributed by atoms with Crippen molar-refractivity contribution < 1.29 is 9.18 Å². The van der Waals surface area contributed by atoms with Crippen molar-refractivity contribution in [3.8, 4) is 0 Å². The number of rotatable bonds is 3. The number of halogens is 1. The molecular formula is C18H17FO. The lowest BCUT2D eigenvalue weighted by Crippen LogP contribution is -2.08. The van der Waals surface area contributed by atoms with Gasteiger partial charge in [-0.3, -0.25) is 4.79 Å². The lowest BCUT2D eigenvalue weighted by molar-refractivity contribution is 0.0993. The highest BCUT2D eigenvalue weighted by Crippen LogP contribution is 2.23. The predicted molar refractivity (Wildman–Crippen MR) is 77.5 cm³/mol. The Morgan fingerprint density at radius 1 is 1.00 bits per heavy atom. The van der Waals surface area contributed by atoms with Crippen molar-refractivity contribution in [3.05, 3.63) is 70.5 Å². The van der Waals surface area contributed by atoms with Crippen LogP contribution in [0.15, 0.2) is 42.5 Å². The van der Waals surface area contributed by atoms with Gasteiger partial charge in [-0.1, -0.05) is 24.3 Å². The second-order valence-electron chi connectivity index (χ2n) is 5.42. The van der Waals surface area contributed by atoms with Gasteiger partial charge in [-0.15, -0.1) is 0 Å². The molecule has 2 aromatic rings. The van der Waals surface area contributed by atoms with Crippen LogP contribution in [-0.4, -0.2) is 5.78 Å². The molecule has 0 spiro atoms. The second kappa shape index (κ2) is 5.58. The van der Waals surface area contributed by atoms with Crippen LogP contribution in [-0.2, 0) is 19.3 Å². The van der Waals surface area contributed by atoms with Crippen molar-refractivity contribution in [2.45, 2.75) is 32.1 Å². The van der Waals surface area contributed by atoms with Gasteiger partial charge in [-0.2, -0.15) is 0 Å². The molecule has 0 fully saturated rings. The summed E-state index contributed by atoms with van der Waals surface area (Å²) in [5, 5.41) is 0. The van der Waals surface area contributed by atoms with Gasteiger partial charge in [0.05, 0.1) is 0 Å². The molecule has 102 valence electrons. The lowest BCUT2D eigenvalue weighted by atomic mass is 9.89. The zero-order valence-electron chi connectivity index (χ0n) is 11.4. The van der Waals surface area contributed by atoms with Crippen LogP contribution >= 0.6 is 0 Å². The third kappa shape index (κ3) is 2.79. The third-order valence-electron chi connectivity index (χ3n) is 3.92. The van der Waals surface area contributed by atoms with Crippen molar-refractivity contribution >= 4 is 5.78 Å². The first kappa shape index (κ1) is 13.0. The molecule has 0 saturated carbocycles. The van der Waals surface area contributed by atoms with Gasteiger partial charge in [0.1, 0.15) is 5.82 Å². The molecule has 0 heterocycles. The van der Waals surface area contributed by atoms with E-state index in [0.29, 0.717) is 0 Å². The van der Waals surface area contributed by atoms with Crippen LogP contribution in [0, 0.1) is 5.82 Å². The molecule has 0 bridgehead atoms. The molecule has 1 aliphatic carbocycles. The summed E-state index contributed by atoms with van der Waals surface area (Å²) in [4.78, 5) is 12.3. The van der Waals surface area contributed by atoms with Crippen molar-refractivity contribution in [2.24, 2.45) is 0 Å². The van der Waals surface area contributed by atoms with Gasteiger partial charge < -0.3 is 0 Å². The maximum absolute atomic E-state index is 13.1. The van der Waals surface area contributed by atoms with E-state index in [1.807, 2.05) is 12.1 Å². The topological polar surface area (TPSA) is 17.1 Å². The average Bonchev–Trinajstić information content (AvgIpc) is 2.47. The van der Waals surface area contributed by atoms with Crippen LogP contribution in [0.5, 0.6) is 0 Å². The lowest BCUT2D eigenvalue weighted by Gasteiger charge is -2.16. The normalized spacial score (nSPS) is 13.8. The third-order valence-corrected chi connectivity index (χ3v) is 3.92. The monoisotopic (exact) mass is 268 g/mol. The summed E-state index contributed by atoms with van der Waals surface area (Å²) < 4.78 is 13.1. The van der Waals surface area contributed by atoms with Gasteiger partial charge in [-0.25, -0.2) is 4.39 Å². The number of fused-ring (bicyclic) bond motifs is 1. The quantitative estimate of drug-likeness (QED) is 0.765. The summed E-state index contributed by atoms with van der Waals surface area (Å²) >= 11 is 0. The molecule has 0 radical (unpaired) electrons. The van der Waals surface area contributed by atoms with Crippen LogP contribution < -0.4 is 0 Å². The highest BCUT2D eigenvalue weighted by Gasteiger charge is 2.13. The number of carbonyl (C=O) groups excluding carboxylic acids is 1. The fourth-order valence-electron chi connectivity index (χ4n) is 2.84. The fourth-order valence-corrected chi connectivity index (χ4v) is 2.84. The standard InChI is InChI=1S/C18H17FO/c19-17-7-3-4-13(10-17)11-18(20)16-9-8-14-5-1-2-6-15(14)12-16/h3-4,7-10,12H,1-2,5-6,11H2. The van der Waals surface area contributed by atoms with E-state index >= 15 is 0 Å². The molecule has 2 aromatic carbocycles. The zero-order chi connectivity index (χ0) is 13.9. The van der Waals surface area contributed by atoms with Crippen LogP contribution in [0.4, 0.5) is 4.39 Å². The molecule has 3 rings (SSSR count). The fraction of sp³-hybridized carbons (Fsp3) is 0.278. The number of Topliss-reactive ketones (excluding diaryl/α,β-unsaturated/α-hetero) is 1. The van der Waals surface area contributed by atoms with E-state index in [1.165, 1.54) is 36.1 Å². The van der Waals surface area contributed by atoms with Crippen molar-refractivity contribution in [3.63, 3.8) is 0 Å².